The van der Waals surface area contributed by atoms with Crippen LogP contribution in [0.4, 0.5) is 0 Å². The molecule has 98 valence electrons. The third-order valence-corrected chi connectivity index (χ3v) is 3.62. The Kier molecular flexibility index (Phi) is 4.80. The molecule has 4 nitrogen and oxygen atoms in total. The van der Waals surface area contributed by atoms with E-state index in [4.69, 9.17) is 4.74 Å². The van der Waals surface area contributed by atoms with Crippen molar-refractivity contribution >= 4 is 5.91 Å². The number of hydrogen-bond acceptors (Lipinski definition) is 3. The summed E-state index contributed by atoms with van der Waals surface area (Å²) in [4.78, 5) is 14.2. The van der Waals surface area contributed by atoms with E-state index in [9.17, 15) is 4.79 Å². The van der Waals surface area contributed by atoms with Gasteiger partial charge in [-0.3, -0.25) is 4.79 Å². The molecule has 1 amide bonds. The summed E-state index contributed by atoms with van der Waals surface area (Å²) in [6.45, 7) is 5.63. The van der Waals surface area contributed by atoms with E-state index in [0.717, 1.165) is 58.3 Å². The second kappa shape index (κ2) is 6.36. The molecule has 0 radical (unpaired) electrons. The average Bonchev–Trinajstić information content (AvgIpc) is 2.83. The van der Waals surface area contributed by atoms with Crippen molar-refractivity contribution < 1.29 is 9.53 Å². The van der Waals surface area contributed by atoms with Crippen molar-refractivity contribution in [2.24, 2.45) is 0 Å². The fraction of sp³-hybridized carbons (Fsp3) is 0.923. The molecule has 2 heterocycles. The van der Waals surface area contributed by atoms with E-state index in [0.29, 0.717) is 0 Å². The molecule has 2 rings (SSSR count). The summed E-state index contributed by atoms with van der Waals surface area (Å²) in [6.07, 6.45) is 5.71. The number of nitrogens with one attached hydrogen (secondary N) is 1. The number of likely N-dealkylation sites (tertiary alicyclic amines) is 1. The van der Waals surface area contributed by atoms with Gasteiger partial charge in [0.05, 0.1) is 12.1 Å². The van der Waals surface area contributed by atoms with Gasteiger partial charge < -0.3 is 15.0 Å². The zero-order chi connectivity index (χ0) is 12.1. The quantitative estimate of drug-likeness (QED) is 0.784. The Morgan fingerprint density at radius 1 is 1.41 bits per heavy atom. The van der Waals surface area contributed by atoms with Crippen LogP contribution in [0.25, 0.3) is 0 Å². The van der Waals surface area contributed by atoms with Gasteiger partial charge in [-0.1, -0.05) is 6.92 Å². The van der Waals surface area contributed by atoms with Gasteiger partial charge in [0, 0.05) is 19.7 Å². The lowest BCUT2D eigenvalue weighted by molar-refractivity contribution is -0.137. The molecule has 2 aliphatic heterocycles. The van der Waals surface area contributed by atoms with Crippen LogP contribution in [0.1, 0.15) is 39.0 Å². The molecule has 0 aliphatic carbocycles. The monoisotopic (exact) mass is 240 g/mol. The van der Waals surface area contributed by atoms with Crippen LogP contribution < -0.4 is 5.32 Å². The Labute approximate surface area is 104 Å². The van der Waals surface area contributed by atoms with Crippen LogP contribution in [0.5, 0.6) is 0 Å². The van der Waals surface area contributed by atoms with Gasteiger partial charge in [0.15, 0.2) is 0 Å². The predicted octanol–water partition coefficient (Wildman–Crippen LogP) is 1.16. The van der Waals surface area contributed by atoms with Crippen LogP contribution in [0.2, 0.25) is 0 Å². The highest BCUT2D eigenvalue weighted by Gasteiger charge is 2.30. The molecule has 2 unspecified atom stereocenters. The molecule has 0 aromatic rings. The first kappa shape index (κ1) is 12.8. The Bertz CT molecular complexity index is 252. The van der Waals surface area contributed by atoms with Gasteiger partial charge in [-0.05, 0) is 38.6 Å². The van der Waals surface area contributed by atoms with Gasteiger partial charge in [-0.15, -0.1) is 0 Å². The average molecular weight is 240 g/mol. The molecule has 1 N–H and O–H groups in total. The lowest BCUT2D eigenvalue weighted by Crippen LogP contribution is -2.52. The summed E-state index contributed by atoms with van der Waals surface area (Å²) in [6, 6.07) is 0.0464. The molecule has 2 saturated heterocycles. The van der Waals surface area contributed by atoms with Crippen molar-refractivity contribution in [3.8, 4) is 0 Å². The minimum absolute atomic E-state index is 0.0464. The molecule has 2 fully saturated rings. The summed E-state index contributed by atoms with van der Waals surface area (Å²) in [5.74, 6) is 0.278. The number of carbonyl (C=O) groups is 1. The molecule has 2 atom stereocenters. The first-order chi connectivity index (χ1) is 8.31. The summed E-state index contributed by atoms with van der Waals surface area (Å²) < 4.78 is 5.61. The highest BCUT2D eigenvalue weighted by Crippen LogP contribution is 2.17. The van der Waals surface area contributed by atoms with E-state index < -0.39 is 0 Å². The smallest absolute Gasteiger partial charge is 0.239 e. The molecule has 17 heavy (non-hydrogen) atoms. The van der Waals surface area contributed by atoms with Crippen molar-refractivity contribution in [2.75, 3.05) is 26.2 Å². The van der Waals surface area contributed by atoms with Gasteiger partial charge >= 0.3 is 0 Å². The Morgan fingerprint density at radius 3 is 3.00 bits per heavy atom. The van der Waals surface area contributed by atoms with Crippen molar-refractivity contribution in [3.63, 3.8) is 0 Å². The largest absolute Gasteiger partial charge is 0.376 e. The zero-order valence-corrected chi connectivity index (χ0v) is 10.8. The van der Waals surface area contributed by atoms with E-state index in [1.807, 2.05) is 4.90 Å². The number of hydrogen-bond donors (Lipinski definition) is 1. The van der Waals surface area contributed by atoms with Gasteiger partial charge in [-0.25, -0.2) is 0 Å². The molecule has 0 saturated carbocycles. The Hall–Kier alpha value is -0.610. The zero-order valence-electron chi connectivity index (χ0n) is 10.8. The number of nitrogens with zero attached hydrogens (tertiary/aromatic N) is 1. The molecule has 4 heteroatoms. The Morgan fingerprint density at radius 2 is 2.29 bits per heavy atom. The first-order valence-corrected chi connectivity index (χ1v) is 6.95. The number of rotatable bonds is 5. The van der Waals surface area contributed by atoms with Crippen LogP contribution in [-0.4, -0.2) is 49.2 Å². The van der Waals surface area contributed by atoms with Crippen LogP contribution >= 0.6 is 0 Å². The predicted molar refractivity (Wildman–Crippen MR) is 66.9 cm³/mol. The fourth-order valence-electron chi connectivity index (χ4n) is 2.66. The molecule has 0 aromatic heterocycles. The van der Waals surface area contributed by atoms with Gasteiger partial charge in [0.2, 0.25) is 5.91 Å². The molecule has 0 aromatic carbocycles. The highest BCUT2D eigenvalue weighted by atomic mass is 16.5. The SMILES string of the molecule is CCCNC1CCCN(CC2CCCO2)C1=O. The van der Waals surface area contributed by atoms with E-state index in [1.54, 1.807) is 0 Å². The minimum atomic E-state index is 0.0464. The lowest BCUT2D eigenvalue weighted by atomic mass is 10.0. The maximum Gasteiger partial charge on any atom is 0.239 e. The van der Waals surface area contributed by atoms with Crippen LogP contribution in [0.3, 0.4) is 0 Å². The number of amides is 1. The minimum Gasteiger partial charge on any atom is -0.376 e. The summed E-state index contributed by atoms with van der Waals surface area (Å²) in [7, 11) is 0. The van der Waals surface area contributed by atoms with Gasteiger partial charge in [0.1, 0.15) is 0 Å². The molecular weight excluding hydrogens is 216 g/mol. The van der Waals surface area contributed by atoms with Crippen molar-refractivity contribution in [3.05, 3.63) is 0 Å². The highest BCUT2D eigenvalue weighted by molar-refractivity contribution is 5.82. The van der Waals surface area contributed by atoms with E-state index in [-0.39, 0.29) is 18.1 Å². The second-order valence-corrected chi connectivity index (χ2v) is 5.07. The third kappa shape index (κ3) is 3.42. The number of carbonyl (C=O) groups excluding carboxylic acids is 1. The van der Waals surface area contributed by atoms with Crippen molar-refractivity contribution in [1.82, 2.24) is 10.2 Å². The van der Waals surface area contributed by atoms with Crippen molar-refractivity contribution in [1.29, 1.82) is 0 Å². The van der Waals surface area contributed by atoms with Gasteiger partial charge in [-0.2, -0.15) is 0 Å². The van der Waals surface area contributed by atoms with Crippen LogP contribution in [0.15, 0.2) is 0 Å². The number of ether oxygens (including phenoxy) is 1. The maximum atomic E-state index is 12.2. The van der Waals surface area contributed by atoms with E-state index in [1.165, 1.54) is 0 Å². The van der Waals surface area contributed by atoms with Gasteiger partial charge in [0.25, 0.3) is 0 Å². The van der Waals surface area contributed by atoms with Crippen LogP contribution in [-0.2, 0) is 9.53 Å². The second-order valence-electron chi connectivity index (χ2n) is 5.07. The fourth-order valence-corrected chi connectivity index (χ4v) is 2.66. The topological polar surface area (TPSA) is 41.6 Å². The molecule has 0 bridgehead atoms. The summed E-state index contributed by atoms with van der Waals surface area (Å²) in [5, 5.41) is 3.34. The van der Waals surface area contributed by atoms with E-state index >= 15 is 0 Å². The lowest BCUT2D eigenvalue weighted by Gasteiger charge is -2.34. The summed E-state index contributed by atoms with van der Waals surface area (Å²) >= 11 is 0. The normalized spacial score (nSPS) is 29.9. The first-order valence-electron chi connectivity index (χ1n) is 6.95. The maximum absolute atomic E-state index is 12.2. The Balaban J connectivity index is 1.82. The molecule has 0 spiro atoms. The standard InChI is InChI=1S/C13H24N2O2/c1-2-7-14-12-6-3-8-15(13(12)16)10-11-5-4-9-17-11/h11-12,14H,2-10H2,1H3. The molecular formula is C13H24N2O2. The van der Waals surface area contributed by atoms with Crippen LogP contribution in [0, 0.1) is 0 Å². The number of piperidine rings is 1. The van der Waals surface area contributed by atoms with E-state index in [2.05, 4.69) is 12.2 Å². The third-order valence-electron chi connectivity index (χ3n) is 3.62. The molecule has 2 aliphatic rings. The van der Waals surface area contributed by atoms with Crippen molar-refractivity contribution in [2.45, 2.75) is 51.2 Å². The summed E-state index contributed by atoms with van der Waals surface area (Å²) in [5.41, 5.74) is 0.